The van der Waals surface area contributed by atoms with Gasteiger partial charge < -0.3 is 4.90 Å². The normalized spacial score (nSPS) is 16.6. The van der Waals surface area contributed by atoms with Gasteiger partial charge >= 0.3 is 0 Å². The van der Waals surface area contributed by atoms with Crippen LogP contribution in [0.5, 0.6) is 0 Å². The van der Waals surface area contributed by atoms with Crippen molar-refractivity contribution < 1.29 is 9.59 Å². The van der Waals surface area contributed by atoms with Gasteiger partial charge in [0.1, 0.15) is 0 Å². The van der Waals surface area contributed by atoms with Crippen LogP contribution in [-0.2, 0) is 9.59 Å². The lowest BCUT2D eigenvalue weighted by atomic mass is 10.1. The highest BCUT2D eigenvalue weighted by molar-refractivity contribution is 7.14. The molecule has 1 unspecified atom stereocenters. The van der Waals surface area contributed by atoms with Crippen LogP contribution in [0.4, 0.5) is 5.13 Å². The fraction of sp³-hybridized carbons (Fsp3) is 0.316. The van der Waals surface area contributed by atoms with Crippen molar-refractivity contribution in [2.75, 3.05) is 24.5 Å². The maximum absolute atomic E-state index is 13.0. The van der Waals surface area contributed by atoms with E-state index < -0.39 is 0 Å². The first-order valence-electron chi connectivity index (χ1n) is 8.55. The summed E-state index contributed by atoms with van der Waals surface area (Å²) in [6.45, 7) is 7.06. The van der Waals surface area contributed by atoms with Gasteiger partial charge in [0.2, 0.25) is 11.8 Å². The third-order valence-electron chi connectivity index (χ3n) is 4.46. The first-order valence-corrected chi connectivity index (χ1v) is 10.2. The van der Waals surface area contributed by atoms with Crippen LogP contribution in [0.2, 0.25) is 10.0 Å². The Morgan fingerprint density at radius 3 is 2.85 bits per heavy atom. The fourth-order valence-corrected chi connectivity index (χ4v) is 4.18. The molecule has 1 atom stereocenters. The number of amides is 2. The summed E-state index contributed by atoms with van der Waals surface area (Å²) in [5.41, 5.74) is 1.54. The highest BCUT2D eigenvalue weighted by Gasteiger charge is 2.36. The van der Waals surface area contributed by atoms with Gasteiger partial charge in [-0.1, -0.05) is 35.3 Å². The molecule has 0 N–H and O–H groups in total. The van der Waals surface area contributed by atoms with Crippen molar-refractivity contribution in [1.29, 1.82) is 0 Å². The Bertz CT molecular complexity index is 884. The summed E-state index contributed by atoms with van der Waals surface area (Å²) in [7, 11) is 0. The van der Waals surface area contributed by atoms with Gasteiger partial charge in [0.15, 0.2) is 5.13 Å². The van der Waals surface area contributed by atoms with E-state index in [-0.39, 0.29) is 24.2 Å². The maximum atomic E-state index is 13.0. The number of hydrogen-bond acceptors (Lipinski definition) is 4. The molecule has 1 fully saturated rings. The summed E-state index contributed by atoms with van der Waals surface area (Å²) in [6, 6.07) is 5.30. The molecule has 1 aliphatic heterocycles. The molecule has 142 valence electrons. The second-order valence-electron chi connectivity index (χ2n) is 6.22. The highest BCUT2D eigenvalue weighted by atomic mass is 35.5. The first kappa shape index (κ1) is 19.9. The first-order chi connectivity index (χ1) is 12.9. The minimum absolute atomic E-state index is 0.0186. The van der Waals surface area contributed by atoms with Crippen LogP contribution in [-0.4, -0.2) is 41.3 Å². The van der Waals surface area contributed by atoms with Crippen molar-refractivity contribution in [2.45, 2.75) is 13.3 Å². The Morgan fingerprint density at radius 2 is 2.22 bits per heavy atom. The molecule has 1 aromatic carbocycles. The van der Waals surface area contributed by atoms with Gasteiger partial charge in [0.25, 0.3) is 0 Å². The molecular weight excluding hydrogens is 405 g/mol. The molecule has 5 nitrogen and oxygen atoms in total. The van der Waals surface area contributed by atoms with E-state index in [4.69, 9.17) is 23.2 Å². The molecule has 2 aromatic rings. The molecule has 0 saturated carbocycles. The Kier molecular flexibility index (Phi) is 6.19. The molecule has 1 saturated heterocycles. The van der Waals surface area contributed by atoms with Crippen LogP contribution in [0.15, 0.2) is 36.2 Å². The molecule has 2 heterocycles. The molecular formula is C19H19Cl2N3O2S. The Balaban J connectivity index is 1.84. The van der Waals surface area contributed by atoms with E-state index in [0.29, 0.717) is 40.5 Å². The van der Waals surface area contributed by atoms with Crippen LogP contribution >= 0.6 is 34.5 Å². The molecule has 0 spiro atoms. The molecule has 2 amide bonds. The smallest absolute Gasteiger partial charge is 0.234 e. The maximum Gasteiger partial charge on any atom is 0.234 e. The largest absolute Gasteiger partial charge is 0.342 e. The number of benzene rings is 1. The lowest BCUT2D eigenvalue weighted by Gasteiger charge is -2.21. The number of carbonyl (C=O) groups excluding carboxylic acids is 2. The summed E-state index contributed by atoms with van der Waals surface area (Å²) in [5, 5.41) is 3.37. The van der Waals surface area contributed by atoms with E-state index in [1.165, 1.54) is 11.3 Å². The average molecular weight is 424 g/mol. The second kappa shape index (κ2) is 8.42. The molecule has 3 rings (SSSR count). The molecule has 0 aliphatic carbocycles. The van der Waals surface area contributed by atoms with Gasteiger partial charge in [-0.15, -0.1) is 17.9 Å². The number of aromatic nitrogens is 1. The zero-order valence-corrected chi connectivity index (χ0v) is 17.2. The lowest BCUT2D eigenvalue weighted by molar-refractivity contribution is -0.128. The van der Waals surface area contributed by atoms with Crippen LogP contribution in [0.3, 0.4) is 0 Å². The number of hydrogen-bond donors (Lipinski definition) is 0. The molecule has 1 aliphatic rings. The van der Waals surface area contributed by atoms with Crippen molar-refractivity contribution in [3.8, 4) is 11.3 Å². The number of nitrogens with zero attached hydrogens (tertiary/aromatic N) is 3. The van der Waals surface area contributed by atoms with E-state index >= 15 is 0 Å². The summed E-state index contributed by atoms with van der Waals surface area (Å²) >= 11 is 13.4. The van der Waals surface area contributed by atoms with Crippen LogP contribution in [0.1, 0.15) is 13.3 Å². The van der Waals surface area contributed by atoms with Gasteiger partial charge in [-0.3, -0.25) is 14.5 Å². The average Bonchev–Trinajstić information content (AvgIpc) is 3.28. The number of likely N-dealkylation sites (tertiary alicyclic amines) is 1. The fourth-order valence-electron chi connectivity index (χ4n) is 3.03. The minimum atomic E-state index is -0.352. The monoisotopic (exact) mass is 423 g/mol. The van der Waals surface area contributed by atoms with Crippen molar-refractivity contribution in [3.63, 3.8) is 0 Å². The third kappa shape index (κ3) is 4.18. The van der Waals surface area contributed by atoms with Gasteiger partial charge in [0, 0.05) is 37.0 Å². The number of halogens is 2. The van der Waals surface area contributed by atoms with Gasteiger partial charge in [-0.2, -0.15) is 0 Å². The summed E-state index contributed by atoms with van der Waals surface area (Å²) < 4.78 is 0. The summed E-state index contributed by atoms with van der Waals surface area (Å²) in [6.07, 6.45) is 1.90. The Hall–Kier alpha value is -1.89. The predicted molar refractivity (Wildman–Crippen MR) is 110 cm³/mol. The number of anilines is 1. The van der Waals surface area contributed by atoms with E-state index in [9.17, 15) is 9.59 Å². The molecule has 1 aromatic heterocycles. The van der Waals surface area contributed by atoms with Crippen LogP contribution in [0.25, 0.3) is 11.3 Å². The SMILES string of the molecule is C=CCN(C(=O)C1CC(=O)N(CC)C1)c1nc(-c2ccc(Cl)c(Cl)c2)cs1. The summed E-state index contributed by atoms with van der Waals surface area (Å²) in [4.78, 5) is 32.9. The quantitative estimate of drug-likeness (QED) is 0.642. The zero-order valence-electron chi connectivity index (χ0n) is 14.8. The van der Waals surface area contributed by atoms with E-state index in [0.717, 1.165) is 5.56 Å². The van der Waals surface area contributed by atoms with Gasteiger partial charge in [-0.25, -0.2) is 4.98 Å². The topological polar surface area (TPSA) is 53.5 Å². The summed E-state index contributed by atoms with van der Waals surface area (Å²) in [5.74, 6) is -0.436. The van der Waals surface area contributed by atoms with Crippen molar-refractivity contribution in [1.82, 2.24) is 9.88 Å². The van der Waals surface area contributed by atoms with Crippen molar-refractivity contribution >= 4 is 51.5 Å². The molecule has 0 radical (unpaired) electrons. The predicted octanol–water partition coefficient (Wildman–Crippen LogP) is 4.50. The third-order valence-corrected chi connectivity index (χ3v) is 6.06. The van der Waals surface area contributed by atoms with Gasteiger partial charge in [0.05, 0.1) is 21.7 Å². The molecule has 8 heteroatoms. The number of thiazole rings is 1. The second-order valence-corrected chi connectivity index (χ2v) is 7.87. The minimum Gasteiger partial charge on any atom is -0.342 e. The number of carbonyl (C=O) groups is 2. The Labute approximate surface area is 172 Å². The standard InChI is InChI=1S/C19H19Cl2N3O2S/c1-3-7-24(18(26)13-9-17(25)23(4-2)10-13)19-22-16(11-27-19)12-5-6-14(20)15(21)8-12/h3,5-6,8,11,13H,1,4,7,9-10H2,2H3. The highest BCUT2D eigenvalue weighted by Crippen LogP contribution is 2.32. The number of rotatable bonds is 6. The zero-order chi connectivity index (χ0) is 19.6. The molecule has 27 heavy (non-hydrogen) atoms. The van der Waals surface area contributed by atoms with E-state index in [2.05, 4.69) is 11.6 Å². The van der Waals surface area contributed by atoms with E-state index in [1.807, 2.05) is 18.4 Å². The van der Waals surface area contributed by atoms with Gasteiger partial charge in [-0.05, 0) is 19.1 Å². The van der Waals surface area contributed by atoms with Crippen LogP contribution < -0.4 is 4.90 Å². The van der Waals surface area contributed by atoms with Crippen LogP contribution in [0, 0.1) is 5.92 Å². The van der Waals surface area contributed by atoms with Crippen molar-refractivity contribution in [2.24, 2.45) is 5.92 Å². The Morgan fingerprint density at radius 1 is 1.44 bits per heavy atom. The van der Waals surface area contributed by atoms with E-state index in [1.54, 1.807) is 28.0 Å². The molecule has 0 bridgehead atoms. The van der Waals surface area contributed by atoms with Crippen molar-refractivity contribution in [3.05, 3.63) is 46.3 Å². The lowest BCUT2D eigenvalue weighted by Crippen LogP contribution is -2.37.